The van der Waals surface area contributed by atoms with E-state index in [-0.39, 0.29) is 17.3 Å². The number of carbonyl (C=O) groups is 3. The highest BCUT2D eigenvalue weighted by Crippen LogP contribution is 2.34. The number of ether oxygens (including phenoxy) is 1. The Morgan fingerprint density at radius 3 is 2.23 bits per heavy atom. The fourth-order valence-electron chi connectivity index (χ4n) is 3.08. The summed E-state index contributed by atoms with van der Waals surface area (Å²) in [7, 11) is 0. The average Bonchev–Trinajstić information content (AvgIpc) is 2.98. The van der Waals surface area contributed by atoms with Gasteiger partial charge >= 0.3 is 0 Å². The minimum absolute atomic E-state index is 0.151. The van der Waals surface area contributed by atoms with Crippen LogP contribution in [0.1, 0.15) is 20.7 Å². The van der Waals surface area contributed by atoms with Crippen LogP contribution in [0, 0.1) is 0 Å². The molecule has 0 radical (unpaired) electrons. The molecule has 0 aromatic heterocycles. The topological polar surface area (TPSA) is 75.7 Å². The molecule has 1 N–H and O–H groups in total. The first-order valence-electron chi connectivity index (χ1n) is 8.89. The highest BCUT2D eigenvalue weighted by molar-refractivity contribution is 6.40. The van der Waals surface area contributed by atoms with Crippen molar-refractivity contribution in [1.82, 2.24) is 0 Å². The van der Waals surface area contributed by atoms with Crippen LogP contribution in [0.15, 0.2) is 66.7 Å². The number of amides is 3. The zero-order valence-corrected chi connectivity index (χ0v) is 16.9. The molecule has 8 heteroatoms. The number of hydrogen-bond acceptors (Lipinski definition) is 4. The molecule has 3 aromatic rings. The molecule has 0 spiro atoms. The molecule has 0 unspecified atom stereocenters. The molecule has 0 bridgehead atoms. The number of hydrogen-bond donors (Lipinski definition) is 1. The highest BCUT2D eigenvalue weighted by Gasteiger charge is 2.37. The van der Waals surface area contributed by atoms with Gasteiger partial charge in [0.25, 0.3) is 17.7 Å². The maximum absolute atomic E-state index is 12.6. The van der Waals surface area contributed by atoms with Crippen LogP contribution in [0.3, 0.4) is 0 Å². The normalized spacial score (nSPS) is 12.7. The van der Waals surface area contributed by atoms with E-state index in [4.69, 9.17) is 27.9 Å². The number of nitrogens with one attached hydrogen (secondary N) is 1. The van der Waals surface area contributed by atoms with E-state index in [0.29, 0.717) is 27.6 Å². The summed E-state index contributed by atoms with van der Waals surface area (Å²) in [6.07, 6.45) is 0. The van der Waals surface area contributed by atoms with Crippen LogP contribution in [0.5, 0.6) is 5.75 Å². The summed E-state index contributed by atoms with van der Waals surface area (Å²) in [5.74, 6) is -0.815. The van der Waals surface area contributed by atoms with Gasteiger partial charge in [0.1, 0.15) is 5.75 Å². The molecule has 150 valence electrons. The molecule has 3 amide bonds. The van der Waals surface area contributed by atoms with Crippen molar-refractivity contribution in [1.29, 1.82) is 0 Å². The minimum Gasteiger partial charge on any atom is -0.484 e. The summed E-state index contributed by atoms with van der Waals surface area (Å²) in [6.45, 7) is -0.224. The Kier molecular flexibility index (Phi) is 5.44. The summed E-state index contributed by atoms with van der Waals surface area (Å²) >= 11 is 12.2. The van der Waals surface area contributed by atoms with Gasteiger partial charge in [0, 0.05) is 10.7 Å². The Bertz CT molecular complexity index is 1140. The molecule has 30 heavy (non-hydrogen) atoms. The summed E-state index contributed by atoms with van der Waals surface area (Å²) in [5, 5.41) is 3.31. The largest absolute Gasteiger partial charge is 0.484 e. The third-order valence-electron chi connectivity index (χ3n) is 4.43. The Morgan fingerprint density at radius 1 is 0.900 bits per heavy atom. The average molecular weight is 441 g/mol. The van der Waals surface area contributed by atoms with E-state index in [9.17, 15) is 14.4 Å². The van der Waals surface area contributed by atoms with Crippen molar-refractivity contribution in [3.8, 4) is 5.75 Å². The number of rotatable bonds is 5. The van der Waals surface area contributed by atoms with Crippen LogP contribution in [-0.4, -0.2) is 24.3 Å². The van der Waals surface area contributed by atoms with Gasteiger partial charge in [-0.05, 0) is 48.5 Å². The van der Waals surface area contributed by atoms with Gasteiger partial charge in [-0.15, -0.1) is 0 Å². The van der Waals surface area contributed by atoms with Gasteiger partial charge in [0.15, 0.2) is 6.61 Å². The predicted molar refractivity (Wildman–Crippen MR) is 115 cm³/mol. The first-order chi connectivity index (χ1) is 14.4. The van der Waals surface area contributed by atoms with Gasteiger partial charge < -0.3 is 10.1 Å². The zero-order valence-electron chi connectivity index (χ0n) is 15.4. The number of nitrogens with zero attached hydrogens (tertiary/aromatic N) is 1. The Labute approximate surface area is 182 Å². The standard InChI is InChI=1S/C22H14Cl2N2O4/c23-13-4-3-5-15(10-13)30-12-20(27)25-14-8-9-19(18(24)11-14)26-21(28)16-6-1-2-7-17(16)22(26)29/h1-11H,12H2,(H,25,27). The number of fused-ring (bicyclic) bond motifs is 1. The van der Waals surface area contributed by atoms with Crippen molar-refractivity contribution in [2.24, 2.45) is 0 Å². The van der Waals surface area contributed by atoms with E-state index < -0.39 is 17.7 Å². The smallest absolute Gasteiger partial charge is 0.266 e. The second kappa shape index (κ2) is 8.18. The molecule has 1 heterocycles. The van der Waals surface area contributed by atoms with Crippen molar-refractivity contribution >= 4 is 52.3 Å². The highest BCUT2D eigenvalue weighted by atomic mass is 35.5. The second-order valence-corrected chi connectivity index (χ2v) is 7.30. The van der Waals surface area contributed by atoms with E-state index in [1.54, 1.807) is 54.6 Å². The SMILES string of the molecule is O=C(COc1cccc(Cl)c1)Nc1ccc(N2C(=O)c3ccccc3C2=O)c(Cl)c1. The quantitative estimate of drug-likeness (QED) is 0.577. The molecule has 0 fully saturated rings. The number of anilines is 2. The number of halogens is 2. The lowest BCUT2D eigenvalue weighted by atomic mass is 10.1. The van der Waals surface area contributed by atoms with Crippen molar-refractivity contribution in [3.05, 3.63) is 87.9 Å². The Balaban J connectivity index is 1.45. The van der Waals surface area contributed by atoms with Crippen LogP contribution in [0.25, 0.3) is 0 Å². The predicted octanol–water partition coefficient (Wildman–Crippen LogP) is 4.81. The van der Waals surface area contributed by atoms with Gasteiger partial charge in [-0.25, -0.2) is 4.90 Å². The maximum atomic E-state index is 12.6. The fraction of sp³-hybridized carbons (Fsp3) is 0.0455. The lowest BCUT2D eigenvalue weighted by molar-refractivity contribution is -0.118. The summed E-state index contributed by atoms with van der Waals surface area (Å²) in [4.78, 5) is 38.4. The molecule has 1 aliphatic heterocycles. The third-order valence-corrected chi connectivity index (χ3v) is 4.97. The molecule has 0 saturated heterocycles. The second-order valence-electron chi connectivity index (χ2n) is 6.45. The van der Waals surface area contributed by atoms with E-state index in [2.05, 4.69) is 5.32 Å². The minimum atomic E-state index is -0.441. The first kappa shape index (κ1) is 19.9. The number of carbonyl (C=O) groups excluding carboxylic acids is 3. The molecule has 6 nitrogen and oxygen atoms in total. The molecule has 1 aliphatic rings. The van der Waals surface area contributed by atoms with E-state index in [1.165, 1.54) is 12.1 Å². The van der Waals surface area contributed by atoms with Gasteiger partial charge in [-0.3, -0.25) is 14.4 Å². The summed E-state index contributed by atoms with van der Waals surface area (Å²) < 4.78 is 5.39. The third kappa shape index (κ3) is 3.87. The molecule has 0 atom stereocenters. The van der Waals surface area contributed by atoms with E-state index in [1.807, 2.05) is 0 Å². The van der Waals surface area contributed by atoms with Crippen molar-refractivity contribution in [3.63, 3.8) is 0 Å². The van der Waals surface area contributed by atoms with Crippen LogP contribution in [0.2, 0.25) is 10.0 Å². The van der Waals surface area contributed by atoms with Crippen molar-refractivity contribution in [2.75, 3.05) is 16.8 Å². The van der Waals surface area contributed by atoms with Gasteiger partial charge in [-0.2, -0.15) is 0 Å². The summed E-state index contributed by atoms with van der Waals surface area (Å²) in [5.41, 5.74) is 1.30. The fourth-order valence-corrected chi connectivity index (χ4v) is 3.52. The zero-order chi connectivity index (χ0) is 21.3. The summed E-state index contributed by atoms with van der Waals surface area (Å²) in [6, 6.07) is 17.8. The van der Waals surface area contributed by atoms with E-state index in [0.717, 1.165) is 4.90 Å². The van der Waals surface area contributed by atoms with Gasteiger partial charge in [0.2, 0.25) is 0 Å². The molecule has 3 aromatic carbocycles. The molecule has 0 saturated carbocycles. The van der Waals surface area contributed by atoms with Gasteiger partial charge in [0.05, 0.1) is 21.8 Å². The molecular weight excluding hydrogens is 427 g/mol. The van der Waals surface area contributed by atoms with Crippen molar-refractivity contribution in [2.45, 2.75) is 0 Å². The lowest BCUT2D eigenvalue weighted by Crippen LogP contribution is -2.29. The maximum Gasteiger partial charge on any atom is 0.266 e. The van der Waals surface area contributed by atoms with E-state index >= 15 is 0 Å². The van der Waals surface area contributed by atoms with Crippen LogP contribution < -0.4 is 15.0 Å². The van der Waals surface area contributed by atoms with Crippen molar-refractivity contribution < 1.29 is 19.1 Å². The number of benzene rings is 3. The Hall–Kier alpha value is -3.35. The molecular formula is C22H14Cl2N2O4. The number of imide groups is 1. The van der Waals surface area contributed by atoms with Crippen LogP contribution in [-0.2, 0) is 4.79 Å². The monoisotopic (exact) mass is 440 g/mol. The molecule has 0 aliphatic carbocycles. The van der Waals surface area contributed by atoms with Gasteiger partial charge in [-0.1, -0.05) is 41.4 Å². The van der Waals surface area contributed by atoms with Crippen LogP contribution in [0.4, 0.5) is 11.4 Å². The lowest BCUT2D eigenvalue weighted by Gasteiger charge is -2.16. The Morgan fingerprint density at radius 2 is 1.60 bits per heavy atom. The first-order valence-corrected chi connectivity index (χ1v) is 9.65. The van der Waals surface area contributed by atoms with Crippen LogP contribution >= 0.6 is 23.2 Å². The molecule has 4 rings (SSSR count).